The molecule has 1 atom stereocenters. The maximum Gasteiger partial charge on any atom is 0.223 e. The van der Waals surface area contributed by atoms with Crippen LogP contribution in [0.3, 0.4) is 0 Å². The fourth-order valence-electron chi connectivity index (χ4n) is 3.05. The Morgan fingerprint density at radius 2 is 2.20 bits per heavy atom. The predicted octanol–water partition coefficient (Wildman–Crippen LogP) is 4.09. The summed E-state index contributed by atoms with van der Waals surface area (Å²) >= 11 is 3.48. The molecule has 20 heavy (non-hydrogen) atoms. The van der Waals surface area contributed by atoms with Gasteiger partial charge in [0.05, 0.1) is 0 Å². The van der Waals surface area contributed by atoms with Crippen LogP contribution >= 0.6 is 15.9 Å². The number of rotatable bonds is 6. The van der Waals surface area contributed by atoms with Gasteiger partial charge in [-0.25, -0.2) is 0 Å². The molecule has 0 saturated carbocycles. The Labute approximate surface area is 130 Å². The van der Waals surface area contributed by atoms with Gasteiger partial charge in [-0.3, -0.25) is 4.79 Å². The minimum absolute atomic E-state index is 0.338. The molecule has 1 amide bonds. The Kier molecular flexibility index (Phi) is 6.08. The van der Waals surface area contributed by atoms with Crippen molar-refractivity contribution in [2.45, 2.75) is 51.5 Å². The first-order valence-corrected chi connectivity index (χ1v) is 8.74. The number of hydrogen-bond donors (Lipinski definition) is 0. The standard InChI is InChI=1S/C17H24BrNO/c1-14-6-2-3-7-15(14)10-11-17(20)19-13-5-9-16(19)8-4-12-18/h2-3,6-7,16H,4-5,8-13H2,1H3. The van der Waals surface area contributed by atoms with Gasteiger partial charge in [0.2, 0.25) is 5.91 Å². The first kappa shape index (κ1) is 15.6. The summed E-state index contributed by atoms with van der Waals surface area (Å²) < 4.78 is 0. The highest BCUT2D eigenvalue weighted by molar-refractivity contribution is 9.09. The highest BCUT2D eigenvalue weighted by Gasteiger charge is 2.27. The lowest BCUT2D eigenvalue weighted by atomic mass is 10.0. The molecule has 3 heteroatoms. The summed E-state index contributed by atoms with van der Waals surface area (Å²) in [5.74, 6) is 0.338. The van der Waals surface area contributed by atoms with Crippen molar-refractivity contribution >= 4 is 21.8 Å². The van der Waals surface area contributed by atoms with E-state index in [1.165, 1.54) is 24.0 Å². The molecule has 1 aromatic carbocycles. The molecule has 2 nitrogen and oxygen atoms in total. The van der Waals surface area contributed by atoms with E-state index in [1.54, 1.807) is 0 Å². The maximum absolute atomic E-state index is 12.4. The topological polar surface area (TPSA) is 20.3 Å². The number of benzene rings is 1. The highest BCUT2D eigenvalue weighted by atomic mass is 79.9. The molecule has 110 valence electrons. The van der Waals surface area contributed by atoms with Gasteiger partial charge in [0.25, 0.3) is 0 Å². The quantitative estimate of drug-likeness (QED) is 0.716. The first-order chi connectivity index (χ1) is 9.72. The van der Waals surface area contributed by atoms with Crippen molar-refractivity contribution < 1.29 is 4.79 Å². The van der Waals surface area contributed by atoms with Crippen LogP contribution in [0.5, 0.6) is 0 Å². The van der Waals surface area contributed by atoms with Gasteiger partial charge in [-0.2, -0.15) is 0 Å². The van der Waals surface area contributed by atoms with E-state index in [-0.39, 0.29) is 0 Å². The molecule has 2 rings (SSSR count). The summed E-state index contributed by atoms with van der Waals surface area (Å²) in [6, 6.07) is 8.85. The van der Waals surface area contributed by atoms with Gasteiger partial charge in [0.1, 0.15) is 0 Å². The maximum atomic E-state index is 12.4. The fraction of sp³-hybridized carbons (Fsp3) is 0.588. The summed E-state index contributed by atoms with van der Waals surface area (Å²) in [6.07, 6.45) is 6.17. The highest BCUT2D eigenvalue weighted by Crippen LogP contribution is 2.23. The number of hydrogen-bond acceptors (Lipinski definition) is 1. The Morgan fingerprint density at radius 1 is 1.40 bits per heavy atom. The molecule has 0 bridgehead atoms. The number of nitrogens with zero attached hydrogens (tertiary/aromatic N) is 1. The van der Waals surface area contributed by atoms with Gasteiger partial charge in [-0.1, -0.05) is 40.2 Å². The molecule has 1 aliphatic rings. The second kappa shape index (κ2) is 7.82. The largest absolute Gasteiger partial charge is 0.340 e. The monoisotopic (exact) mass is 337 g/mol. The summed E-state index contributed by atoms with van der Waals surface area (Å²) in [4.78, 5) is 14.5. The number of likely N-dealkylation sites (tertiary alicyclic amines) is 1. The smallest absolute Gasteiger partial charge is 0.223 e. The molecular weight excluding hydrogens is 314 g/mol. The number of halogens is 1. The molecular formula is C17H24BrNO. The normalized spacial score (nSPS) is 18.5. The van der Waals surface area contributed by atoms with Gasteiger partial charge >= 0.3 is 0 Å². The summed E-state index contributed by atoms with van der Waals surface area (Å²) in [7, 11) is 0. The van der Waals surface area contributed by atoms with E-state index in [4.69, 9.17) is 0 Å². The van der Waals surface area contributed by atoms with Crippen LogP contribution in [-0.4, -0.2) is 28.7 Å². The van der Waals surface area contributed by atoms with E-state index in [0.717, 1.165) is 31.1 Å². The van der Waals surface area contributed by atoms with Crippen LogP contribution < -0.4 is 0 Å². The zero-order valence-corrected chi connectivity index (χ0v) is 13.9. The fourth-order valence-corrected chi connectivity index (χ4v) is 3.38. The molecule has 0 N–H and O–H groups in total. The van der Waals surface area contributed by atoms with E-state index >= 15 is 0 Å². The van der Waals surface area contributed by atoms with Crippen LogP contribution in [0.4, 0.5) is 0 Å². The van der Waals surface area contributed by atoms with Gasteiger partial charge in [0.15, 0.2) is 0 Å². The lowest BCUT2D eigenvalue weighted by molar-refractivity contribution is -0.132. The summed E-state index contributed by atoms with van der Waals surface area (Å²) in [6.45, 7) is 3.08. The molecule has 1 saturated heterocycles. The summed E-state index contributed by atoms with van der Waals surface area (Å²) in [5.41, 5.74) is 2.59. The van der Waals surface area contributed by atoms with E-state index in [9.17, 15) is 4.79 Å². The molecule has 1 aromatic rings. The van der Waals surface area contributed by atoms with Crippen molar-refractivity contribution in [2.24, 2.45) is 0 Å². The van der Waals surface area contributed by atoms with E-state index in [0.29, 0.717) is 18.4 Å². The minimum atomic E-state index is 0.338. The SMILES string of the molecule is Cc1ccccc1CCC(=O)N1CCCC1CCCBr. The van der Waals surface area contributed by atoms with Gasteiger partial charge in [-0.05, 0) is 50.2 Å². The Hall–Kier alpha value is -0.830. The number of alkyl halides is 1. The van der Waals surface area contributed by atoms with Crippen molar-refractivity contribution in [1.82, 2.24) is 4.90 Å². The van der Waals surface area contributed by atoms with Crippen LogP contribution in [0, 0.1) is 6.92 Å². The minimum Gasteiger partial charge on any atom is -0.340 e. The van der Waals surface area contributed by atoms with E-state index < -0.39 is 0 Å². The lowest BCUT2D eigenvalue weighted by Gasteiger charge is -2.24. The molecule has 0 aliphatic carbocycles. The predicted molar refractivity (Wildman–Crippen MR) is 87.3 cm³/mol. The third-order valence-electron chi connectivity index (χ3n) is 4.24. The zero-order chi connectivity index (χ0) is 14.4. The molecule has 1 aliphatic heterocycles. The molecule has 0 spiro atoms. The van der Waals surface area contributed by atoms with Crippen LogP contribution in [0.15, 0.2) is 24.3 Å². The van der Waals surface area contributed by atoms with Crippen LogP contribution in [-0.2, 0) is 11.2 Å². The van der Waals surface area contributed by atoms with Gasteiger partial charge in [-0.15, -0.1) is 0 Å². The molecule has 1 heterocycles. The molecule has 0 aromatic heterocycles. The molecule has 1 fully saturated rings. The van der Waals surface area contributed by atoms with Crippen molar-refractivity contribution in [3.63, 3.8) is 0 Å². The van der Waals surface area contributed by atoms with E-state index in [2.05, 4.69) is 52.0 Å². The average molecular weight is 338 g/mol. The van der Waals surface area contributed by atoms with Crippen molar-refractivity contribution in [2.75, 3.05) is 11.9 Å². The number of amides is 1. The van der Waals surface area contributed by atoms with Crippen LogP contribution in [0.2, 0.25) is 0 Å². The van der Waals surface area contributed by atoms with Gasteiger partial charge in [0, 0.05) is 24.3 Å². The third-order valence-corrected chi connectivity index (χ3v) is 4.80. The molecule has 1 unspecified atom stereocenters. The second-order valence-corrected chi connectivity index (χ2v) is 6.43. The Balaban J connectivity index is 1.86. The Bertz CT molecular complexity index is 446. The van der Waals surface area contributed by atoms with Crippen molar-refractivity contribution in [3.05, 3.63) is 35.4 Å². The van der Waals surface area contributed by atoms with Crippen molar-refractivity contribution in [3.8, 4) is 0 Å². The van der Waals surface area contributed by atoms with Crippen LogP contribution in [0.1, 0.15) is 43.2 Å². The second-order valence-electron chi connectivity index (χ2n) is 5.64. The first-order valence-electron chi connectivity index (χ1n) is 7.62. The number of aryl methyl sites for hydroxylation is 2. The Morgan fingerprint density at radius 3 is 2.95 bits per heavy atom. The third kappa shape index (κ3) is 4.08. The van der Waals surface area contributed by atoms with Gasteiger partial charge < -0.3 is 4.90 Å². The number of carbonyl (C=O) groups is 1. The van der Waals surface area contributed by atoms with Crippen molar-refractivity contribution in [1.29, 1.82) is 0 Å². The number of carbonyl (C=O) groups excluding carboxylic acids is 1. The zero-order valence-electron chi connectivity index (χ0n) is 12.3. The average Bonchev–Trinajstić information content (AvgIpc) is 2.92. The van der Waals surface area contributed by atoms with Crippen LogP contribution in [0.25, 0.3) is 0 Å². The summed E-state index contributed by atoms with van der Waals surface area (Å²) in [5, 5.41) is 1.04. The van der Waals surface area contributed by atoms with E-state index in [1.807, 2.05) is 0 Å². The molecule has 0 radical (unpaired) electrons. The lowest BCUT2D eigenvalue weighted by Crippen LogP contribution is -2.35.